The van der Waals surface area contributed by atoms with Gasteiger partial charge in [-0.1, -0.05) is 30.3 Å². The molecule has 5 aromatic carbocycles. The monoisotopic (exact) mass is 931 g/mol. The third-order valence-corrected chi connectivity index (χ3v) is 14.5. The van der Waals surface area contributed by atoms with E-state index in [1.807, 2.05) is 73.1 Å². The summed E-state index contributed by atoms with van der Waals surface area (Å²) in [7, 11) is -0.0519. The molecule has 3 N–H and O–H groups in total. The minimum absolute atomic E-state index is 0.132. The van der Waals surface area contributed by atoms with Gasteiger partial charge >= 0.3 is 0 Å². The number of nitrogens with zero attached hydrogens (tertiary/aromatic N) is 6. The van der Waals surface area contributed by atoms with E-state index in [0.29, 0.717) is 44.0 Å². The van der Waals surface area contributed by atoms with Crippen molar-refractivity contribution < 1.29 is 22.5 Å². The van der Waals surface area contributed by atoms with Gasteiger partial charge in [-0.2, -0.15) is 0 Å². The lowest BCUT2D eigenvalue weighted by molar-refractivity contribution is -0.384. The van der Waals surface area contributed by atoms with Crippen LogP contribution in [0.1, 0.15) is 22.5 Å². The molecule has 1 amide bonds. The second-order valence-corrected chi connectivity index (χ2v) is 19.2. The molecule has 0 atom stereocenters. The molecule has 17 heteroatoms. The summed E-state index contributed by atoms with van der Waals surface area (Å²) >= 11 is 1.19. The van der Waals surface area contributed by atoms with Gasteiger partial charge in [0.1, 0.15) is 11.5 Å². The Morgan fingerprint density at radius 1 is 0.773 bits per heavy atom. The molecule has 2 aliphatic rings. The van der Waals surface area contributed by atoms with Crippen LogP contribution < -0.4 is 24.6 Å². The lowest BCUT2D eigenvalue weighted by Crippen LogP contribution is -2.46. The van der Waals surface area contributed by atoms with E-state index in [9.17, 15) is 27.7 Å². The van der Waals surface area contributed by atoms with Crippen LogP contribution in [0.2, 0.25) is 0 Å². The summed E-state index contributed by atoms with van der Waals surface area (Å²) in [6.07, 6.45) is 0.851. The summed E-state index contributed by atoms with van der Waals surface area (Å²) < 4.78 is 48.5. The number of hydrogen-bond acceptors (Lipinski definition) is 11. The van der Waals surface area contributed by atoms with Crippen molar-refractivity contribution in [2.24, 2.45) is 7.05 Å². The van der Waals surface area contributed by atoms with Crippen LogP contribution in [-0.4, -0.2) is 106 Å². The van der Waals surface area contributed by atoms with Crippen LogP contribution >= 0.6 is 11.9 Å². The van der Waals surface area contributed by atoms with Crippen molar-refractivity contribution in [1.82, 2.24) is 19.7 Å². The number of nitro benzene ring substituents is 1. The molecule has 2 aliphatic heterocycles. The molecule has 0 bridgehead atoms. The standard InChI is InChI=1S/C49H54FN9O5S2/c1-35-46(49(60)51-23-8-24-56-27-25-54(2)26-28-56)47(48(55(35)3)36-13-15-38(50)16-14-36)37-9-7-10-41(33-37)58-31-29-57(30-32-58)40-19-17-39(18-20-40)53-66(63,64)43-21-22-44(45(34-43)59(61)62)52-65-42-11-5-4-6-12-42/h4-7,9-22,33-34,52-53H,8,23-32H2,1-3H3,(H,51,60). The van der Waals surface area contributed by atoms with Crippen molar-refractivity contribution in [2.45, 2.75) is 23.1 Å². The number of carbonyl (C=O) groups excluding carboxylic acids is 1. The van der Waals surface area contributed by atoms with Crippen LogP contribution in [0, 0.1) is 22.9 Å². The number of amides is 1. The fourth-order valence-electron chi connectivity index (χ4n) is 8.53. The highest BCUT2D eigenvalue weighted by atomic mass is 32.2. The second-order valence-electron chi connectivity index (χ2n) is 16.6. The van der Waals surface area contributed by atoms with Crippen LogP contribution in [0.5, 0.6) is 0 Å². The zero-order chi connectivity index (χ0) is 46.4. The fraction of sp³-hybridized carbons (Fsp3) is 0.286. The number of hydrogen-bond donors (Lipinski definition) is 3. The minimum atomic E-state index is -4.14. The molecule has 0 spiro atoms. The highest BCUT2D eigenvalue weighted by Crippen LogP contribution is 2.40. The third-order valence-electron chi connectivity index (χ3n) is 12.3. The Bertz CT molecular complexity index is 2780. The predicted molar refractivity (Wildman–Crippen MR) is 263 cm³/mol. The Labute approximate surface area is 389 Å². The van der Waals surface area contributed by atoms with Crippen molar-refractivity contribution in [2.75, 3.05) is 91.7 Å². The van der Waals surface area contributed by atoms with Gasteiger partial charge in [0.25, 0.3) is 21.6 Å². The number of sulfonamides is 1. The molecule has 0 radical (unpaired) electrons. The number of aromatic nitrogens is 1. The van der Waals surface area contributed by atoms with Gasteiger partial charge < -0.3 is 34.2 Å². The highest BCUT2D eigenvalue weighted by molar-refractivity contribution is 8.00. The van der Waals surface area contributed by atoms with E-state index < -0.39 is 14.9 Å². The van der Waals surface area contributed by atoms with Gasteiger partial charge in [-0.05, 0) is 135 Å². The normalized spacial score (nSPS) is 14.8. The Morgan fingerprint density at radius 3 is 2.14 bits per heavy atom. The van der Waals surface area contributed by atoms with Gasteiger partial charge in [0.15, 0.2) is 0 Å². The first kappa shape index (κ1) is 46.1. The maximum Gasteiger partial charge on any atom is 0.294 e. The van der Waals surface area contributed by atoms with E-state index in [-0.39, 0.29) is 28.0 Å². The van der Waals surface area contributed by atoms with Gasteiger partial charge in [0.05, 0.1) is 21.1 Å². The fourth-order valence-corrected chi connectivity index (χ4v) is 10.3. The molecule has 0 unspecified atom stereocenters. The van der Waals surface area contributed by atoms with Crippen LogP contribution in [0.3, 0.4) is 0 Å². The average Bonchev–Trinajstić information content (AvgIpc) is 3.60. The molecule has 1 aromatic heterocycles. The zero-order valence-electron chi connectivity index (χ0n) is 37.2. The van der Waals surface area contributed by atoms with E-state index in [1.54, 1.807) is 24.3 Å². The van der Waals surface area contributed by atoms with Gasteiger partial charge in [0.2, 0.25) is 0 Å². The Kier molecular flexibility index (Phi) is 14.3. The number of nitrogens with one attached hydrogen (secondary N) is 3. The molecule has 14 nitrogen and oxygen atoms in total. The first-order chi connectivity index (χ1) is 31.8. The molecule has 344 valence electrons. The maximum absolute atomic E-state index is 14.2. The molecule has 0 aliphatic carbocycles. The quantitative estimate of drug-likeness (QED) is 0.0373. The smallest absolute Gasteiger partial charge is 0.294 e. The largest absolute Gasteiger partial charge is 0.368 e. The molecular weight excluding hydrogens is 878 g/mol. The molecule has 6 aromatic rings. The number of nitro groups is 1. The summed E-state index contributed by atoms with van der Waals surface area (Å²) in [5, 5.41) is 15.1. The van der Waals surface area contributed by atoms with E-state index in [1.165, 1.54) is 36.2 Å². The predicted octanol–water partition coefficient (Wildman–Crippen LogP) is 8.33. The summed E-state index contributed by atoms with van der Waals surface area (Å²) in [6.45, 7) is 10.4. The second kappa shape index (κ2) is 20.4. The van der Waals surface area contributed by atoms with Crippen molar-refractivity contribution in [3.63, 3.8) is 0 Å². The number of piperazine rings is 2. The van der Waals surface area contributed by atoms with Crippen LogP contribution in [-0.2, 0) is 17.1 Å². The lowest BCUT2D eigenvalue weighted by Gasteiger charge is -2.37. The number of halogens is 1. The van der Waals surface area contributed by atoms with Crippen LogP contribution in [0.15, 0.2) is 131 Å². The Hall–Kier alpha value is -6.40. The van der Waals surface area contributed by atoms with E-state index in [4.69, 9.17) is 0 Å². The third kappa shape index (κ3) is 10.7. The number of benzene rings is 5. The Balaban J connectivity index is 0.934. The Morgan fingerprint density at radius 2 is 1.45 bits per heavy atom. The minimum Gasteiger partial charge on any atom is -0.368 e. The molecular formula is C49H54FN9O5S2. The summed E-state index contributed by atoms with van der Waals surface area (Å²) in [4.78, 5) is 35.4. The van der Waals surface area contributed by atoms with Crippen LogP contribution in [0.25, 0.3) is 22.4 Å². The van der Waals surface area contributed by atoms with E-state index >= 15 is 0 Å². The van der Waals surface area contributed by atoms with Crippen LogP contribution in [0.4, 0.5) is 32.8 Å². The maximum atomic E-state index is 14.2. The summed E-state index contributed by atoms with van der Waals surface area (Å²) in [5.41, 5.74) is 6.87. The number of rotatable bonds is 16. The van der Waals surface area contributed by atoms with Crippen molar-refractivity contribution in [3.8, 4) is 22.4 Å². The molecule has 66 heavy (non-hydrogen) atoms. The first-order valence-electron chi connectivity index (χ1n) is 22.0. The molecule has 3 heterocycles. The van der Waals surface area contributed by atoms with Gasteiger partial charge in [0, 0.05) is 105 Å². The SMILES string of the molecule is Cc1c(C(=O)NCCCN2CCN(C)CC2)c(-c2cccc(N3CCN(c4ccc(NS(=O)(=O)c5ccc(NSc6ccccc6)c([N+](=O)[O-])c5)cc4)CC3)c2)c(-c2ccc(F)cc2)n1C. The summed E-state index contributed by atoms with van der Waals surface area (Å²) in [5.74, 6) is -0.460. The lowest BCUT2D eigenvalue weighted by atomic mass is 9.95. The van der Waals surface area contributed by atoms with Crippen molar-refractivity contribution in [1.29, 1.82) is 0 Å². The number of anilines is 4. The average molecular weight is 932 g/mol. The number of likely N-dealkylation sites (N-methyl/N-ethyl adjacent to an activating group) is 1. The van der Waals surface area contributed by atoms with Gasteiger partial charge in [-0.15, -0.1) is 0 Å². The van der Waals surface area contributed by atoms with Gasteiger partial charge in [-0.25, -0.2) is 12.8 Å². The topological polar surface area (TPSA) is 148 Å². The zero-order valence-corrected chi connectivity index (χ0v) is 38.9. The summed E-state index contributed by atoms with van der Waals surface area (Å²) in [6, 6.07) is 34.8. The van der Waals surface area contributed by atoms with Gasteiger partial charge in [-0.3, -0.25) is 19.6 Å². The molecule has 2 fully saturated rings. The molecule has 2 saturated heterocycles. The highest BCUT2D eigenvalue weighted by Gasteiger charge is 2.28. The van der Waals surface area contributed by atoms with E-state index in [0.717, 1.165) is 89.6 Å². The van der Waals surface area contributed by atoms with E-state index in [2.05, 4.69) is 53.5 Å². The number of carbonyl (C=O) groups is 1. The van der Waals surface area contributed by atoms with Crippen molar-refractivity contribution in [3.05, 3.63) is 149 Å². The first-order valence-corrected chi connectivity index (χ1v) is 24.3. The molecule has 0 saturated carbocycles. The molecule has 8 rings (SSSR count). The van der Waals surface area contributed by atoms with Crippen molar-refractivity contribution >= 4 is 56.3 Å².